The summed E-state index contributed by atoms with van der Waals surface area (Å²) in [6.07, 6.45) is 11.6. The molecule has 2 fully saturated rings. The first-order valence-electron chi connectivity index (χ1n) is 21.8. The largest absolute Gasteiger partial charge is 0.457 e. The van der Waals surface area contributed by atoms with Gasteiger partial charge in [-0.05, 0) is 38.5 Å². The monoisotopic (exact) mass is 807 g/mol. The summed E-state index contributed by atoms with van der Waals surface area (Å²) in [5.74, 6) is -0.387. The first-order valence-corrected chi connectivity index (χ1v) is 21.8. The van der Waals surface area contributed by atoms with E-state index in [-0.39, 0.29) is 25.6 Å². The number of aliphatic hydroxyl groups is 7. The van der Waals surface area contributed by atoms with E-state index in [1.807, 2.05) is 0 Å². The third-order valence-electron chi connectivity index (χ3n) is 10.5. The Bertz CT molecular complexity index is 985. The smallest absolute Gasteiger partial charge is 0.306 e. The summed E-state index contributed by atoms with van der Waals surface area (Å²) in [5.41, 5.74) is 0. The van der Waals surface area contributed by atoms with Crippen molar-refractivity contribution in [1.82, 2.24) is 0 Å². The van der Waals surface area contributed by atoms with Gasteiger partial charge in [-0.3, -0.25) is 4.79 Å². The molecule has 2 aliphatic heterocycles. The van der Waals surface area contributed by atoms with Gasteiger partial charge in [0.1, 0.15) is 54.9 Å². The summed E-state index contributed by atoms with van der Waals surface area (Å²) in [6, 6.07) is 0. The van der Waals surface area contributed by atoms with Crippen molar-refractivity contribution < 1.29 is 69.0 Å². The molecule has 2 rings (SSSR count). The van der Waals surface area contributed by atoms with Gasteiger partial charge in [0.05, 0.1) is 26.4 Å². The van der Waals surface area contributed by atoms with Crippen LogP contribution >= 0.6 is 0 Å². The van der Waals surface area contributed by atoms with Gasteiger partial charge < -0.3 is 64.2 Å². The Hall–Kier alpha value is -1.27. The molecule has 0 saturated carbocycles. The molecule has 330 valence electrons. The molecular formula is C42H78O14. The molecule has 0 amide bonds. The van der Waals surface area contributed by atoms with Crippen LogP contribution in [0.1, 0.15) is 149 Å². The Morgan fingerprint density at radius 3 is 1.62 bits per heavy atom. The standard InChI is InChI=1S/C42H78O14/c1-3-5-7-9-11-12-13-14-15-16-17-18-19-21-23-25-34(44)54-31(28-51-26-24-22-20-10-8-6-4-2)29-52-41-40(50)38(48)36(46)33(56-41)30-53-42-39(49)37(47)35(45)32(27-43)55-42/h14-15,31-33,35-43,45-50H,3-13,16-30H2,1-2H3/b15-14-. The van der Waals surface area contributed by atoms with Crippen molar-refractivity contribution in [2.45, 2.75) is 216 Å². The molecule has 0 aromatic rings. The van der Waals surface area contributed by atoms with Crippen LogP contribution in [-0.2, 0) is 33.2 Å². The predicted octanol–water partition coefficient (Wildman–Crippen LogP) is 4.34. The Balaban J connectivity index is 1.81. The van der Waals surface area contributed by atoms with Crippen LogP contribution in [0.15, 0.2) is 12.2 Å². The fourth-order valence-electron chi connectivity index (χ4n) is 6.87. The molecule has 7 N–H and O–H groups in total. The van der Waals surface area contributed by atoms with E-state index < -0.39 is 80.7 Å². The third-order valence-corrected chi connectivity index (χ3v) is 10.5. The predicted molar refractivity (Wildman–Crippen MR) is 210 cm³/mol. The van der Waals surface area contributed by atoms with Gasteiger partial charge in [-0.1, -0.05) is 116 Å². The highest BCUT2D eigenvalue weighted by atomic mass is 16.7. The van der Waals surface area contributed by atoms with Crippen molar-refractivity contribution in [1.29, 1.82) is 0 Å². The number of allylic oxidation sites excluding steroid dienone is 2. The van der Waals surface area contributed by atoms with Crippen LogP contribution in [0.4, 0.5) is 0 Å². The number of rotatable bonds is 33. The van der Waals surface area contributed by atoms with Gasteiger partial charge >= 0.3 is 5.97 Å². The topological polar surface area (TPSA) is 214 Å². The molecule has 11 unspecified atom stereocenters. The molecule has 2 saturated heterocycles. The minimum Gasteiger partial charge on any atom is -0.457 e. The van der Waals surface area contributed by atoms with E-state index in [1.165, 1.54) is 64.2 Å². The van der Waals surface area contributed by atoms with Crippen molar-refractivity contribution in [3.8, 4) is 0 Å². The van der Waals surface area contributed by atoms with E-state index in [2.05, 4.69) is 26.0 Å². The van der Waals surface area contributed by atoms with Crippen LogP contribution in [-0.4, -0.2) is 142 Å². The summed E-state index contributed by atoms with van der Waals surface area (Å²) in [5, 5.41) is 71.7. The number of ether oxygens (including phenoxy) is 6. The molecule has 0 aliphatic carbocycles. The highest BCUT2D eigenvalue weighted by molar-refractivity contribution is 5.69. The lowest BCUT2D eigenvalue weighted by atomic mass is 9.98. The maximum Gasteiger partial charge on any atom is 0.306 e. The molecular weight excluding hydrogens is 728 g/mol. The summed E-state index contributed by atoms with van der Waals surface area (Å²) in [7, 11) is 0. The lowest BCUT2D eigenvalue weighted by molar-refractivity contribution is -0.332. The van der Waals surface area contributed by atoms with Crippen molar-refractivity contribution >= 4 is 5.97 Å². The Labute approximate surface area is 335 Å². The molecule has 0 radical (unpaired) electrons. The Morgan fingerprint density at radius 2 is 1.05 bits per heavy atom. The molecule has 56 heavy (non-hydrogen) atoms. The fraction of sp³-hybridized carbons (Fsp3) is 0.929. The second-order valence-corrected chi connectivity index (χ2v) is 15.5. The molecule has 0 spiro atoms. The van der Waals surface area contributed by atoms with Gasteiger partial charge in [-0.2, -0.15) is 0 Å². The molecule has 14 nitrogen and oxygen atoms in total. The van der Waals surface area contributed by atoms with E-state index in [9.17, 15) is 40.5 Å². The second kappa shape index (κ2) is 31.6. The Kier molecular flexibility index (Phi) is 28.7. The zero-order valence-electron chi connectivity index (χ0n) is 34.4. The fourth-order valence-corrected chi connectivity index (χ4v) is 6.87. The molecule has 11 atom stereocenters. The lowest BCUT2D eigenvalue weighted by Gasteiger charge is -2.42. The average Bonchev–Trinajstić information content (AvgIpc) is 3.19. The van der Waals surface area contributed by atoms with Crippen molar-refractivity contribution in [3.63, 3.8) is 0 Å². The number of carbonyl (C=O) groups is 1. The SMILES string of the molecule is CCCCCCCC/C=C\CCCCCCCC(=O)OC(COCCCCCCCCC)COC1OC(COC2OC(CO)C(O)C(O)C2O)C(O)C(O)C1O. The van der Waals surface area contributed by atoms with Gasteiger partial charge in [0.15, 0.2) is 12.6 Å². The minimum absolute atomic E-state index is 0.0611. The normalized spacial score (nSPS) is 28.9. The van der Waals surface area contributed by atoms with Gasteiger partial charge in [-0.25, -0.2) is 0 Å². The first-order chi connectivity index (χ1) is 27.1. The zero-order chi connectivity index (χ0) is 41.0. The van der Waals surface area contributed by atoms with Crippen LogP contribution in [0, 0.1) is 0 Å². The van der Waals surface area contributed by atoms with Crippen molar-refractivity contribution in [3.05, 3.63) is 12.2 Å². The third kappa shape index (κ3) is 20.6. The summed E-state index contributed by atoms with van der Waals surface area (Å²) >= 11 is 0. The molecule has 0 bridgehead atoms. The molecule has 0 aromatic carbocycles. The van der Waals surface area contributed by atoms with E-state index in [1.54, 1.807) is 0 Å². The van der Waals surface area contributed by atoms with Crippen LogP contribution < -0.4 is 0 Å². The number of hydrogen-bond acceptors (Lipinski definition) is 14. The van der Waals surface area contributed by atoms with Gasteiger partial charge in [0.2, 0.25) is 0 Å². The maximum absolute atomic E-state index is 12.9. The summed E-state index contributed by atoms with van der Waals surface area (Å²) in [4.78, 5) is 12.9. The maximum atomic E-state index is 12.9. The van der Waals surface area contributed by atoms with Crippen molar-refractivity contribution in [2.24, 2.45) is 0 Å². The quantitative estimate of drug-likeness (QED) is 0.0279. The van der Waals surface area contributed by atoms with Crippen molar-refractivity contribution in [2.75, 3.05) is 33.0 Å². The summed E-state index contributed by atoms with van der Waals surface area (Å²) in [6.45, 7) is 3.62. The molecule has 0 aromatic heterocycles. The zero-order valence-corrected chi connectivity index (χ0v) is 34.4. The average molecular weight is 807 g/mol. The number of esters is 1. The van der Waals surface area contributed by atoms with E-state index in [0.29, 0.717) is 13.0 Å². The second-order valence-electron chi connectivity index (χ2n) is 15.5. The van der Waals surface area contributed by atoms with E-state index >= 15 is 0 Å². The molecule has 2 heterocycles. The van der Waals surface area contributed by atoms with E-state index in [0.717, 1.165) is 57.8 Å². The number of hydrogen-bond donors (Lipinski definition) is 7. The van der Waals surface area contributed by atoms with E-state index in [4.69, 9.17) is 28.4 Å². The van der Waals surface area contributed by atoms with Crippen LogP contribution in [0.3, 0.4) is 0 Å². The Morgan fingerprint density at radius 1 is 0.571 bits per heavy atom. The first kappa shape index (κ1) is 50.9. The van der Waals surface area contributed by atoms with Gasteiger partial charge in [-0.15, -0.1) is 0 Å². The minimum atomic E-state index is -1.70. The summed E-state index contributed by atoms with van der Waals surface area (Å²) < 4.78 is 34.0. The number of aliphatic hydroxyl groups excluding tert-OH is 7. The van der Waals surface area contributed by atoms with Crippen LogP contribution in [0.2, 0.25) is 0 Å². The highest BCUT2D eigenvalue weighted by Gasteiger charge is 2.47. The van der Waals surface area contributed by atoms with Crippen LogP contribution in [0.5, 0.6) is 0 Å². The molecule has 2 aliphatic rings. The number of carbonyl (C=O) groups excluding carboxylic acids is 1. The molecule has 14 heteroatoms. The van der Waals surface area contributed by atoms with Gasteiger partial charge in [0.25, 0.3) is 0 Å². The van der Waals surface area contributed by atoms with Gasteiger partial charge in [0, 0.05) is 13.0 Å². The number of unbranched alkanes of at least 4 members (excludes halogenated alkanes) is 17. The highest BCUT2D eigenvalue weighted by Crippen LogP contribution is 2.26. The van der Waals surface area contributed by atoms with Crippen LogP contribution in [0.25, 0.3) is 0 Å². The lowest BCUT2D eigenvalue weighted by Crippen LogP contribution is -2.61.